The van der Waals surface area contributed by atoms with E-state index in [1.54, 1.807) is 0 Å². The molecule has 104 valence electrons. The number of thioether (sulfide) groups is 1. The second-order valence-corrected chi connectivity index (χ2v) is 5.65. The van der Waals surface area contributed by atoms with E-state index >= 15 is 0 Å². The SMILES string of the molecule is O=C(O)c1ccnc(SCc2c(F)ccc(Br)c2F)c1. The van der Waals surface area contributed by atoms with Crippen LogP contribution in [0.2, 0.25) is 0 Å². The van der Waals surface area contributed by atoms with E-state index in [0.717, 1.165) is 11.8 Å². The average Bonchev–Trinajstić information content (AvgIpc) is 2.43. The van der Waals surface area contributed by atoms with Gasteiger partial charge in [-0.3, -0.25) is 0 Å². The molecule has 0 unspecified atom stereocenters. The molecule has 0 aliphatic carbocycles. The fraction of sp³-hybridized carbons (Fsp3) is 0.0769. The molecule has 1 N–H and O–H groups in total. The van der Waals surface area contributed by atoms with Crippen LogP contribution in [0.25, 0.3) is 0 Å². The summed E-state index contributed by atoms with van der Waals surface area (Å²) in [4.78, 5) is 14.8. The molecule has 0 amide bonds. The fourth-order valence-electron chi connectivity index (χ4n) is 1.47. The highest BCUT2D eigenvalue weighted by Crippen LogP contribution is 2.28. The molecule has 0 spiro atoms. The van der Waals surface area contributed by atoms with Crippen LogP contribution in [0.15, 0.2) is 40.0 Å². The van der Waals surface area contributed by atoms with Gasteiger partial charge in [0.15, 0.2) is 0 Å². The largest absolute Gasteiger partial charge is 0.478 e. The van der Waals surface area contributed by atoms with Gasteiger partial charge in [0.1, 0.15) is 11.6 Å². The first kappa shape index (κ1) is 14.9. The zero-order chi connectivity index (χ0) is 14.7. The maximum atomic E-state index is 13.8. The van der Waals surface area contributed by atoms with Crippen LogP contribution in [0.1, 0.15) is 15.9 Å². The van der Waals surface area contributed by atoms with Crippen LogP contribution in [0, 0.1) is 11.6 Å². The van der Waals surface area contributed by atoms with Gasteiger partial charge in [0, 0.05) is 17.5 Å². The predicted molar refractivity (Wildman–Crippen MR) is 74.8 cm³/mol. The number of benzene rings is 1. The quantitative estimate of drug-likeness (QED) is 0.659. The molecule has 0 fully saturated rings. The second-order valence-electron chi connectivity index (χ2n) is 3.80. The number of aromatic carboxylic acids is 1. The number of halogens is 3. The summed E-state index contributed by atoms with van der Waals surface area (Å²) in [6.07, 6.45) is 1.35. The third-order valence-electron chi connectivity index (χ3n) is 2.49. The number of nitrogens with zero attached hydrogens (tertiary/aromatic N) is 1. The summed E-state index contributed by atoms with van der Waals surface area (Å²) in [6, 6.07) is 5.18. The van der Waals surface area contributed by atoms with E-state index in [9.17, 15) is 13.6 Å². The highest BCUT2D eigenvalue weighted by atomic mass is 79.9. The average molecular weight is 360 g/mol. The molecule has 1 aromatic heterocycles. The number of rotatable bonds is 4. The van der Waals surface area contributed by atoms with Crippen molar-refractivity contribution < 1.29 is 18.7 Å². The molecule has 0 bridgehead atoms. The van der Waals surface area contributed by atoms with Gasteiger partial charge < -0.3 is 5.11 Å². The summed E-state index contributed by atoms with van der Waals surface area (Å²) in [6.45, 7) is 0. The first-order valence-electron chi connectivity index (χ1n) is 5.43. The minimum Gasteiger partial charge on any atom is -0.478 e. The van der Waals surface area contributed by atoms with Crippen molar-refractivity contribution in [3.63, 3.8) is 0 Å². The van der Waals surface area contributed by atoms with Gasteiger partial charge >= 0.3 is 5.97 Å². The molecule has 0 aliphatic heterocycles. The molecule has 20 heavy (non-hydrogen) atoms. The number of hydrogen-bond donors (Lipinski definition) is 1. The van der Waals surface area contributed by atoms with Crippen LogP contribution < -0.4 is 0 Å². The molecule has 7 heteroatoms. The summed E-state index contributed by atoms with van der Waals surface area (Å²) >= 11 is 4.06. The lowest BCUT2D eigenvalue weighted by Gasteiger charge is -2.06. The second kappa shape index (κ2) is 6.32. The molecular weight excluding hydrogens is 352 g/mol. The number of carbonyl (C=O) groups is 1. The van der Waals surface area contributed by atoms with Crippen LogP contribution in [-0.4, -0.2) is 16.1 Å². The number of pyridine rings is 1. The standard InChI is InChI=1S/C13H8BrF2NO2S/c14-9-1-2-10(15)8(12(9)16)6-20-11-5-7(13(18)19)3-4-17-11/h1-5H,6H2,(H,18,19). The summed E-state index contributed by atoms with van der Waals surface area (Å²) in [5, 5.41) is 9.25. The monoisotopic (exact) mass is 359 g/mol. The van der Waals surface area contributed by atoms with Gasteiger partial charge in [-0.1, -0.05) is 0 Å². The molecular formula is C13H8BrF2NO2S. The Morgan fingerprint density at radius 2 is 2.10 bits per heavy atom. The van der Waals surface area contributed by atoms with E-state index in [1.165, 1.54) is 30.5 Å². The normalized spacial score (nSPS) is 10.6. The van der Waals surface area contributed by atoms with Crippen LogP contribution in [0.3, 0.4) is 0 Å². The molecule has 2 rings (SSSR count). The Morgan fingerprint density at radius 1 is 1.35 bits per heavy atom. The third kappa shape index (κ3) is 3.34. The smallest absolute Gasteiger partial charge is 0.335 e. The number of hydrogen-bond acceptors (Lipinski definition) is 3. The molecule has 3 nitrogen and oxygen atoms in total. The minimum absolute atomic E-state index is 0.0210. The summed E-state index contributed by atoms with van der Waals surface area (Å²) in [5.74, 6) is -2.36. The van der Waals surface area contributed by atoms with Crippen molar-refractivity contribution in [2.24, 2.45) is 0 Å². The molecule has 0 aliphatic rings. The Hall–Kier alpha value is -1.47. The summed E-state index contributed by atoms with van der Waals surface area (Å²) < 4.78 is 27.5. The maximum Gasteiger partial charge on any atom is 0.335 e. The molecule has 1 aromatic carbocycles. The Labute approximate surface area is 126 Å². The van der Waals surface area contributed by atoms with Gasteiger partial charge in [0.25, 0.3) is 0 Å². The Morgan fingerprint density at radius 3 is 2.80 bits per heavy atom. The lowest BCUT2D eigenvalue weighted by Crippen LogP contribution is -1.98. The Balaban J connectivity index is 2.19. The van der Waals surface area contributed by atoms with Crippen molar-refractivity contribution in [3.8, 4) is 0 Å². The van der Waals surface area contributed by atoms with Gasteiger partial charge in [-0.15, -0.1) is 11.8 Å². The van der Waals surface area contributed by atoms with Crippen molar-refractivity contribution in [3.05, 3.63) is 57.7 Å². The Bertz CT molecular complexity index is 667. The van der Waals surface area contributed by atoms with Crippen molar-refractivity contribution in [1.29, 1.82) is 0 Å². The van der Waals surface area contributed by atoms with Crippen molar-refractivity contribution in [1.82, 2.24) is 4.98 Å². The highest BCUT2D eigenvalue weighted by Gasteiger charge is 2.13. The number of aromatic nitrogens is 1. The van der Waals surface area contributed by atoms with Crippen LogP contribution >= 0.6 is 27.7 Å². The summed E-state index contributed by atoms with van der Waals surface area (Å²) in [5.41, 5.74) is 0.00425. The molecule has 2 aromatic rings. The number of carboxylic acid groups (broad SMARTS) is 1. The van der Waals surface area contributed by atoms with E-state index in [0.29, 0.717) is 5.03 Å². The maximum absolute atomic E-state index is 13.8. The van der Waals surface area contributed by atoms with E-state index in [1.807, 2.05) is 0 Å². The van der Waals surface area contributed by atoms with Gasteiger partial charge in [-0.25, -0.2) is 18.6 Å². The first-order valence-corrected chi connectivity index (χ1v) is 7.21. The summed E-state index contributed by atoms with van der Waals surface area (Å²) in [7, 11) is 0. The topological polar surface area (TPSA) is 50.2 Å². The van der Waals surface area contributed by atoms with Crippen molar-refractivity contribution in [2.75, 3.05) is 0 Å². The van der Waals surface area contributed by atoms with Crippen LogP contribution in [-0.2, 0) is 5.75 Å². The molecule has 1 heterocycles. The Kier molecular flexibility index (Phi) is 4.72. The minimum atomic E-state index is -1.07. The number of carboxylic acids is 1. The third-order valence-corrected chi connectivity index (χ3v) is 4.05. The predicted octanol–water partition coefficient (Wildman–Crippen LogP) is 4.11. The molecule has 0 saturated heterocycles. The zero-order valence-corrected chi connectivity index (χ0v) is 12.3. The van der Waals surface area contributed by atoms with Gasteiger partial charge in [0.05, 0.1) is 15.1 Å². The van der Waals surface area contributed by atoms with Gasteiger partial charge in [0.2, 0.25) is 0 Å². The van der Waals surface area contributed by atoms with Gasteiger partial charge in [-0.2, -0.15) is 0 Å². The molecule has 0 radical (unpaired) electrons. The van der Waals surface area contributed by atoms with Crippen molar-refractivity contribution >= 4 is 33.7 Å². The van der Waals surface area contributed by atoms with Crippen LogP contribution in [0.4, 0.5) is 8.78 Å². The first-order chi connectivity index (χ1) is 9.49. The van der Waals surface area contributed by atoms with Gasteiger partial charge in [-0.05, 0) is 40.2 Å². The lowest BCUT2D eigenvalue weighted by molar-refractivity contribution is 0.0696. The fourth-order valence-corrected chi connectivity index (χ4v) is 2.74. The highest BCUT2D eigenvalue weighted by molar-refractivity contribution is 9.10. The van der Waals surface area contributed by atoms with E-state index in [2.05, 4.69) is 20.9 Å². The van der Waals surface area contributed by atoms with E-state index in [4.69, 9.17) is 5.11 Å². The molecule has 0 atom stereocenters. The molecule has 0 saturated carbocycles. The van der Waals surface area contributed by atoms with Crippen molar-refractivity contribution in [2.45, 2.75) is 10.8 Å². The van der Waals surface area contributed by atoms with E-state index < -0.39 is 17.6 Å². The lowest BCUT2D eigenvalue weighted by atomic mass is 10.2. The van der Waals surface area contributed by atoms with Crippen LogP contribution in [0.5, 0.6) is 0 Å². The van der Waals surface area contributed by atoms with E-state index in [-0.39, 0.29) is 21.4 Å². The zero-order valence-electron chi connectivity index (χ0n) is 9.94.